The van der Waals surface area contributed by atoms with Crippen molar-refractivity contribution in [2.24, 2.45) is 0 Å². The van der Waals surface area contributed by atoms with Gasteiger partial charge in [0.05, 0.1) is 24.4 Å². The minimum Gasteiger partial charge on any atom is -0.377 e. The Balaban J connectivity index is 1.82. The number of hydrogen-bond acceptors (Lipinski definition) is 3. The van der Waals surface area contributed by atoms with Gasteiger partial charge in [-0.15, -0.1) is 0 Å². The zero-order chi connectivity index (χ0) is 15.7. The molecule has 0 atom stereocenters. The van der Waals surface area contributed by atoms with Crippen LogP contribution in [-0.2, 0) is 4.74 Å². The molecule has 5 heteroatoms. The van der Waals surface area contributed by atoms with E-state index in [2.05, 4.69) is 0 Å². The number of rotatable bonds is 2. The molecule has 2 heterocycles. The molecule has 2 fully saturated rings. The van der Waals surface area contributed by atoms with Crippen LogP contribution in [0.15, 0.2) is 18.2 Å². The van der Waals surface area contributed by atoms with Crippen LogP contribution in [0.4, 0.5) is 10.1 Å². The second-order valence-corrected chi connectivity index (χ2v) is 6.68. The summed E-state index contributed by atoms with van der Waals surface area (Å²) in [6.07, 6.45) is 2.20. The number of hydrogen-bond donors (Lipinski definition) is 0. The Morgan fingerprint density at radius 2 is 1.95 bits per heavy atom. The summed E-state index contributed by atoms with van der Waals surface area (Å²) < 4.78 is 19.8. The van der Waals surface area contributed by atoms with Crippen molar-refractivity contribution in [3.05, 3.63) is 29.6 Å². The Bertz CT molecular complexity index is 568. The molecule has 120 valence electrons. The Hall–Kier alpha value is -1.62. The highest BCUT2D eigenvalue weighted by Crippen LogP contribution is 2.27. The first-order chi connectivity index (χ1) is 10.5. The highest BCUT2D eigenvalue weighted by molar-refractivity contribution is 5.95. The molecule has 1 aromatic rings. The van der Waals surface area contributed by atoms with Gasteiger partial charge in [-0.3, -0.25) is 4.79 Å². The van der Waals surface area contributed by atoms with E-state index < -0.39 is 0 Å². The minimum absolute atomic E-state index is 0.125. The lowest BCUT2D eigenvalue weighted by molar-refractivity contribution is -0.0370. The van der Waals surface area contributed by atoms with E-state index in [4.69, 9.17) is 4.74 Å². The van der Waals surface area contributed by atoms with Crippen LogP contribution >= 0.6 is 0 Å². The predicted octanol–water partition coefficient (Wildman–Crippen LogP) is 2.68. The maximum atomic E-state index is 14.4. The topological polar surface area (TPSA) is 32.8 Å². The number of halogens is 1. The zero-order valence-electron chi connectivity index (χ0n) is 13.3. The molecular formula is C17H23FN2O2. The molecule has 3 rings (SSSR count). The fraction of sp³-hybridized carbons (Fsp3) is 0.588. The highest BCUT2D eigenvalue weighted by atomic mass is 19.1. The second kappa shape index (κ2) is 5.88. The molecule has 2 aliphatic heterocycles. The SMILES string of the molecule is CC1(C)COCCN1C(=O)c1ccc(N2CCCC2)c(F)c1. The molecule has 0 aromatic heterocycles. The fourth-order valence-corrected chi connectivity index (χ4v) is 3.25. The number of carbonyl (C=O) groups excluding carboxylic acids is 1. The summed E-state index contributed by atoms with van der Waals surface area (Å²) in [5.41, 5.74) is 0.658. The van der Waals surface area contributed by atoms with Crippen molar-refractivity contribution in [1.29, 1.82) is 0 Å². The Kier molecular flexibility index (Phi) is 4.08. The molecule has 22 heavy (non-hydrogen) atoms. The van der Waals surface area contributed by atoms with Gasteiger partial charge in [0.15, 0.2) is 0 Å². The van der Waals surface area contributed by atoms with Crippen LogP contribution in [0, 0.1) is 5.82 Å². The molecule has 0 aliphatic carbocycles. The van der Waals surface area contributed by atoms with Crippen molar-refractivity contribution in [2.45, 2.75) is 32.2 Å². The molecule has 4 nitrogen and oxygen atoms in total. The standard InChI is InChI=1S/C17H23FN2O2/c1-17(2)12-22-10-9-20(17)16(21)13-5-6-15(14(18)11-13)19-7-3-4-8-19/h5-6,11H,3-4,7-10,12H2,1-2H3. The first-order valence-corrected chi connectivity index (χ1v) is 7.93. The summed E-state index contributed by atoms with van der Waals surface area (Å²) in [7, 11) is 0. The second-order valence-electron chi connectivity index (χ2n) is 6.68. The van der Waals surface area contributed by atoms with Gasteiger partial charge in [-0.2, -0.15) is 0 Å². The van der Waals surface area contributed by atoms with E-state index in [9.17, 15) is 9.18 Å². The molecule has 0 spiro atoms. The van der Waals surface area contributed by atoms with Crippen LogP contribution in [0.5, 0.6) is 0 Å². The quantitative estimate of drug-likeness (QED) is 0.842. The normalized spacial score (nSPS) is 21.2. The smallest absolute Gasteiger partial charge is 0.254 e. The highest BCUT2D eigenvalue weighted by Gasteiger charge is 2.34. The van der Waals surface area contributed by atoms with E-state index in [1.807, 2.05) is 18.7 Å². The van der Waals surface area contributed by atoms with E-state index in [1.165, 1.54) is 6.07 Å². The van der Waals surface area contributed by atoms with Crippen molar-refractivity contribution in [1.82, 2.24) is 4.90 Å². The summed E-state index contributed by atoms with van der Waals surface area (Å²) in [6, 6.07) is 4.85. The van der Waals surface area contributed by atoms with Crippen molar-refractivity contribution in [3.8, 4) is 0 Å². The molecule has 0 N–H and O–H groups in total. The lowest BCUT2D eigenvalue weighted by Crippen LogP contribution is -2.55. The first-order valence-electron chi connectivity index (χ1n) is 7.93. The van der Waals surface area contributed by atoms with Crippen LogP contribution in [0.1, 0.15) is 37.0 Å². The minimum atomic E-state index is -0.362. The van der Waals surface area contributed by atoms with Gasteiger partial charge in [0, 0.05) is 25.2 Å². The number of carbonyl (C=O) groups is 1. The lowest BCUT2D eigenvalue weighted by atomic mass is 10.0. The van der Waals surface area contributed by atoms with E-state index in [1.54, 1.807) is 17.0 Å². The fourth-order valence-electron chi connectivity index (χ4n) is 3.25. The molecule has 0 bridgehead atoms. The average Bonchev–Trinajstić information content (AvgIpc) is 3.00. The van der Waals surface area contributed by atoms with Gasteiger partial charge in [0.2, 0.25) is 0 Å². The molecule has 2 aliphatic rings. The van der Waals surface area contributed by atoms with Crippen LogP contribution in [0.3, 0.4) is 0 Å². The number of benzene rings is 1. The van der Waals surface area contributed by atoms with Crippen LogP contribution < -0.4 is 4.90 Å². The van der Waals surface area contributed by atoms with Crippen molar-refractivity contribution in [2.75, 3.05) is 37.7 Å². The summed E-state index contributed by atoms with van der Waals surface area (Å²) in [6.45, 7) is 7.30. The lowest BCUT2D eigenvalue weighted by Gasteiger charge is -2.42. The van der Waals surface area contributed by atoms with Crippen molar-refractivity contribution >= 4 is 11.6 Å². The third-order valence-corrected chi connectivity index (χ3v) is 4.53. The molecule has 2 saturated heterocycles. The van der Waals surface area contributed by atoms with E-state index in [0.717, 1.165) is 25.9 Å². The van der Waals surface area contributed by atoms with Crippen molar-refractivity contribution < 1.29 is 13.9 Å². The summed E-state index contributed by atoms with van der Waals surface area (Å²) in [5, 5.41) is 0. The Morgan fingerprint density at radius 3 is 2.59 bits per heavy atom. The number of ether oxygens (including phenoxy) is 1. The zero-order valence-corrected chi connectivity index (χ0v) is 13.3. The van der Waals surface area contributed by atoms with Gasteiger partial charge in [0.25, 0.3) is 5.91 Å². The Labute approximate surface area is 130 Å². The predicted molar refractivity (Wildman–Crippen MR) is 83.8 cm³/mol. The maximum Gasteiger partial charge on any atom is 0.254 e. The van der Waals surface area contributed by atoms with E-state index in [-0.39, 0.29) is 17.3 Å². The summed E-state index contributed by atoms with van der Waals surface area (Å²) >= 11 is 0. The van der Waals surface area contributed by atoms with Gasteiger partial charge < -0.3 is 14.5 Å². The number of amides is 1. The third-order valence-electron chi connectivity index (χ3n) is 4.53. The molecule has 0 saturated carbocycles. The van der Waals surface area contributed by atoms with Gasteiger partial charge >= 0.3 is 0 Å². The molecule has 1 aromatic carbocycles. The van der Waals surface area contributed by atoms with Crippen LogP contribution in [-0.4, -0.2) is 49.2 Å². The average molecular weight is 306 g/mol. The van der Waals surface area contributed by atoms with Gasteiger partial charge in [-0.1, -0.05) is 0 Å². The first kappa shape index (κ1) is 15.3. The third kappa shape index (κ3) is 2.82. The van der Waals surface area contributed by atoms with Crippen LogP contribution in [0.2, 0.25) is 0 Å². The largest absolute Gasteiger partial charge is 0.377 e. The molecule has 0 unspecified atom stereocenters. The van der Waals surface area contributed by atoms with Gasteiger partial charge in [0.1, 0.15) is 5.82 Å². The number of anilines is 1. The van der Waals surface area contributed by atoms with E-state index in [0.29, 0.717) is 31.0 Å². The number of nitrogens with zero attached hydrogens (tertiary/aromatic N) is 2. The molecular weight excluding hydrogens is 283 g/mol. The van der Waals surface area contributed by atoms with Gasteiger partial charge in [-0.05, 0) is 44.9 Å². The monoisotopic (exact) mass is 306 g/mol. The van der Waals surface area contributed by atoms with E-state index >= 15 is 0 Å². The van der Waals surface area contributed by atoms with Crippen LogP contribution in [0.25, 0.3) is 0 Å². The summed E-state index contributed by atoms with van der Waals surface area (Å²) in [5.74, 6) is -0.431. The van der Waals surface area contributed by atoms with Gasteiger partial charge in [-0.25, -0.2) is 4.39 Å². The maximum absolute atomic E-state index is 14.4. The molecule has 1 amide bonds. The molecule has 0 radical (unpaired) electrons. The Morgan fingerprint density at radius 1 is 1.23 bits per heavy atom. The summed E-state index contributed by atoms with van der Waals surface area (Å²) in [4.78, 5) is 16.5. The van der Waals surface area contributed by atoms with Crippen molar-refractivity contribution in [3.63, 3.8) is 0 Å². The number of morpholine rings is 1.